The maximum absolute atomic E-state index is 11.3. The van der Waals surface area contributed by atoms with Crippen LogP contribution >= 0.6 is 0 Å². The van der Waals surface area contributed by atoms with Crippen LogP contribution in [0, 0.1) is 0 Å². The van der Waals surface area contributed by atoms with Gasteiger partial charge < -0.3 is 15.5 Å². The number of nitrogens with one attached hydrogen (secondary N) is 2. The molecule has 15 heavy (non-hydrogen) atoms. The van der Waals surface area contributed by atoms with Gasteiger partial charge in [-0.05, 0) is 26.1 Å². The van der Waals surface area contributed by atoms with Gasteiger partial charge in [-0.25, -0.2) is 0 Å². The number of carbonyl (C=O) groups excluding carboxylic acids is 1. The van der Waals surface area contributed by atoms with E-state index in [-0.39, 0.29) is 5.91 Å². The Bertz CT molecular complexity index is 158. The Morgan fingerprint density at radius 1 is 1.13 bits per heavy atom. The first-order chi connectivity index (χ1) is 7.24. The zero-order valence-corrected chi connectivity index (χ0v) is 10.3. The first kappa shape index (κ1) is 14.4. The van der Waals surface area contributed by atoms with E-state index in [0.717, 1.165) is 39.1 Å². The number of hydrogen-bond donors (Lipinski definition) is 2. The molecule has 0 saturated carbocycles. The third-order valence-corrected chi connectivity index (χ3v) is 2.36. The van der Waals surface area contributed by atoms with Gasteiger partial charge in [0.05, 0.1) is 6.54 Å². The molecule has 0 spiro atoms. The highest BCUT2D eigenvalue weighted by Gasteiger charge is 2.01. The highest BCUT2D eigenvalue weighted by molar-refractivity contribution is 5.77. The van der Waals surface area contributed by atoms with Crippen molar-refractivity contribution in [2.45, 2.75) is 27.2 Å². The lowest BCUT2D eigenvalue weighted by Gasteiger charge is -2.17. The number of hydrogen-bond acceptors (Lipinski definition) is 3. The molecular formula is C11H25N3O. The van der Waals surface area contributed by atoms with Crippen LogP contribution in [-0.4, -0.2) is 50.1 Å². The fourth-order valence-electron chi connectivity index (χ4n) is 1.33. The molecule has 0 aliphatic carbocycles. The number of rotatable bonds is 9. The van der Waals surface area contributed by atoms with Crippen LogP contribution in [0.1, 0.15) is 27.2 Å². The molecule has 0 radical (unpaired) electrons. The van der Waals surface area contributed by atoms with Crippen molar-refractivity contribution in [1.82, 2.24) is 15.5 Å². The Morgan fingerprint density at radius 3 is 2.33 bits per heavy atom. The minimum atomic E-state index is 0.0932. The Labute approximate surface area is 93.4 Å². The zero-order valence-electron chi connectivity index (χ0n) is 10.3. The maximum Gasteiger partial charge on any atom is 0.234 e. The number of nitrogens with zero attached hydrogens (tertiary/aromatic N) is 1. The molecule has 90 valence electrons. The minimum Gasteiger partial charge on any atom is -0.354 e. The van der Waals surface area contributed by atoms with Gasteiger partial charge in [0, 0.05) is 13.1 Å². The van der Waals surface area contributed by atoms with E-state index in [1.807, 2.05) is 0 Å². The molecule has 0 fully saturated rings. The molecule has 0 bridgehead atoms. The van der Waals surface area contributed by atoms with Crippen molar-refractivity contribution in [3.63, 3.8) is 0 Å². The van der Waals surface area contributed by atoms with Gasteiger partial charge in [-0.15, -0.1) is 0 Å². The van der Waals surface area contributed by atoms with Crippen LogP contribution in [0.4, 0.5) is 0 Å². The van der Waals surface area contributed by atoms with Gasteiger partial charge in [0.25, 0.3) is 0 Å². The largest absolute Gasteiger partial charge is 0.354 e. The summed E-state index contributed by atoms with van der Waals surface area (Å²) >= 11 is 0. The molecular weight excluding hydrogens is 190 g/mol. The van der Waals surface area contributed by atoms with Crippen molar-refractivity contribution >= 4 is 5.91 Å². The van der Waals surface area contributed by atoms with Gasteiger partial charge in [0.15, 0.2) is 0 Å². The Balaban J connectivity index is 3.37. The van der Waals surface area contributed by atoms with Crippen LogP contribution in [0.2, 0.25) is 0 Å². The van der Waals surface area contributed by atoms with Gasteiger partial charge in [0.1, 0.15) is 0 Å². The smallest absolute Gasteiger partial charge is 0.234 e. The fourth-order valence-corrected chi connectivity index (χ4v) is 1.33. The summed E-state index contributed by atoms with van der Waals surface area (Å²) in [7, 11) is 0. The van der Waals surface area contributed by atoms with Crippen LogP contribution in [-0.2, 0) is 4.79 Å². The van der Waals surface area contributed by atoms with Gasteiger partial charge in [-0.1, -0.05) is 20.8 Å². The van der Waals surface area contributed by atoms with E-state index in [2.05, 4.69) is 36.3 Å². The number of amides is 1. The maximum atomic E-state index is 11.3. The Kier molecular flexibility index (Phi) is 9.52. The normalized spacial score (nSPS) is 10.7. The summed E-state index contributed by atoms with van der Waals surface area (Å²) in [5.74, 6) is 0.0932. The summed E-state index contributed by atoms with van der Waals surface area (Å²) in [6.45, 7) is 11.5. The van der Waals surface area contributed by atoms with Crippen LogP contribution in [0.25, 0.3) is 0 Å². The quantitative estimate of drug-likeness (QED) is 0.549. The van der Waals surface area contributed by atoms with Crippen molar-refractivity contribution in [2.75, 3.05) is 39.3 Å². The lowest BCUT2D eigenvalue weighted by Crippen LogP contribution is -2.39. The van der Waals surface area contributed by atoms with E-state index in [4.69, 9.17) is 0 Å². The van der Waals surface area contributed by atoms with Crippen molar-refractivity contribution in [3.8, 4) is 0 Å². The lowest BCUT2D eigenvalue weighted by molar-refractivity contribution is -0.120. The van der Waals surface area contributed by atoms with Gasteiger partial charge in [-0.3, -0.25) is 4.79 Å². The third-order valence-electron chi connectivity index (χ3n) is 2.36. The summed E-state index contributed by atoms with van der Waals surface area (Å²) in [6, 6.07) is 0. The molecule has 4 nitrogen and oxygen atoms in total. The van der Waals surface area contributed by atoms with Crippen molar-refractivity contribution < 1.29 is 4.79 Å². The highest BCUT2D eigenvalue weighted by Crippen LogP contribution is 1.83. The molecule has 0 heterocycles. The van der Waals surface area contributed by atoms with Crippen molar-refractivity contribution in [3.05, 3.63) is 0 Å². The molecule has 0 aliphatic rings. The summed E-state index contributed by atoms with van der Waals surface area (Å²) in [5.41, 5.74) is 0. The number of likely N-dealkylation sites (N-methyl/N-ethyl adjacent to an activating group) is 1. The third kappa shape index (κ3) is 8.39. The van der Waals surface area contributed by atoms with E-state index in [1.54, 1.807) is 0 Å². The summed E-state index contributed by atoms with van der Waals surface area (Å²) < 4.78 is 0. The first-order valence-electron chi connectivity index (χ1n) is 5.94. The second-order valence-electron chi connectivity index (χ2n) is 3.55. The van der Waals surface area contributed by atoms with Gasteiger partial charge >= 0.3 is 0 Å². The monoisotopic (exact) mass is 215 g/mol. The molecule has 0 atom stereocenters. The van der Waals surface area contributed by atoms with E-state index < -0.39 is 0 Å². The van der Waals surface area contributed by atoms with Crippen molar-refractivity contribution in [1.29, 1.82) is 0 Å². The van der Waals surface area contributed by atoms with Gasteiger partial charge in [-0.2, -0.15) is 0 Å². The summed E-state index contributed by atoms with van der Waals surface area (Å²) in [5, 5.41) is 5.97. The molecule has 0 saturated heterocycles. The predicted molar refractivity (Wildman–Crippen MR) is 64.0 cm³/mol. The SMILES string of the molecule is CCCNCC(=O)NCCN(CC)CC. The van der Waals surface area contributed by atoms with E-state index in [1.165, 1.54) is 0 Å². The predicted octanol–water partition coefficient (Wildman–Crippen LogP) is 0.444. The topological polar surface area (TPSA) is 44.4 Å². The minimum absolute atomic E-state index is 0.0932. The molecule has 0 aromatic heterocycles. The zero-order chi connectivity index (χ0) is 11.5. The summed E-state index contributed by atoms with van der Waals surface area (Å²) in [4.78, 5) is 13.6. The molecule has 0 aliphatic heterocycles. The van der Waals surface area contributed by atoms with E-state index in [9.17, 15) is 4.79 Å². The highest BCUT2D eigenvalue weighted by atomic mass is 16.1. The molecule has 2 N–H and O–H groups in total. The average Bonchev–Trinajstić information content (AvgIpc) is 2.25. The van der Waals surface area contributed by atoms with Crippen LogP contribution in [0.15, 0.2) is 0 Å². The Hall–Kier alpha value is -0.610. The second kappa shape index (κ2) is 9.93. The molecule has 0 aromatic carbocycles. The molecule has 0 rings (SSSR count). The molecule has 1 amide bonds. The van der Waals surface area contributed by atoms with Crippen molar-refractivity contribution in [2.24, 2.45) is 0 Å². The Morgan fingerprint density at radius 2 is 1.80 bits per heavy atom. The van der Waals surface area contributed by atoms with Crippen LogP contribution < -0.4 is 10.6 Å². The fraction of sp³-hybridized carbons (Fsp3) is 0.909. The van der Waals surface area contributed by atoms with Crippen LogP contribution in [0.5, 0.6) is 0 Å². The van der Waals surface area contributed by atoms with E-state index in [0.29, 0.717) is 6.54 Å². The van der Waals surface area contributed by atoms with Crippen LogP contribution in [0.3, 0.4) is 0 Å². The standard InChI is InChI=1S/C11H25N3O/c1-4-7-12-10-11(15)13-8-9-14(5-2)6-3/h12H,4-10H2,1-3H3,(H,13,15). The van der Waals surface area contributed by atoms with Gasteiger partial charge in [0.2, 0.25) is 5.91 Å². The second-order valence-corrected chi connectivity index (χ2v) is 3.55. The number of carbonyl (C=O) groups is 1. The average molecular weight is 215 g/mol. The lowest BCUT2D eigenvalue weighted by atomic mass is 10.4. The molecule has 0 unspecified atom stereocenters. The molecule has 0 aromatic rings. The van der Waals surface area contributed by atoms with E-state index >= 15 is 0 Å². The first-order valence-corrected chi connectivity index (χ1v) is 5.94. The molecule has 4 heteroatoms. The summed E-state index contributed by atoms with van der Waals surface area (Å²) in [6.07, 6.45) is 1.06.